The van der Waals surface area contributed by atoms with E-state index in [1.807, 2.05) is 24.3 Å². The van der Waals surface area contributed by atoms with Crippen LogP contribution in [0.3, 0.4) is 0 Å². The van der Waals surface area contributed by atoms with Crippen LogP contribution in [0.5, 0.6) is 0 Å². The van der Waals surface area contributed by atoms with E-state index in [4.69, 9.17) is 0 Å². The van der Waals surface area contributed by atoms with Crippen LogP contribution < -0.4 is 4.90 Å². The van der Waals surface area contributed by atoms with Gasteiger partial charge in [-0.25, -0.2) is 0 Å². The maximum Gasteiger partial charge on any atom is 0.0461 e. The fraction of sp³-hybridized carbons (Fsp3) is 0.200. The van der Waals surface area contributed by atoms with Crippen LogP contribution in [0.25, 0.3) is 0 Å². The molecule has 4 aromatic carbocycles. The molecule has 0 spiro atoms. The standard InChI is InChI=1S/C23H25N.C7H8S/c1-3-4-8-20-13-17-23(18-14-20)24(21-9-6-5-7-10-21)22-15-11-19(2)12-16-22;1-6-2-4-7(8)5-3-6/h5-7,9-18H,3-4,8H2,1-2H3;2-5,8H,1H3. The highest BCUT2D eigenvalue weighted by atomic mass is 32.1. The lowest BCUT2D eigenvalue weighted by Gasteiger charge is -2.25. The predicted octanol–water partition coefficient (Wildman–Crippen LogP) is 9.09. The number of hydrogen-bond donors (Lipinski definition) is 1. The molecule has 4 rings (SSSR count). The second kappa shape index (κ2) is 12.2. The first-order valence-electron chi connectivity index (χ1n) is 11.3. The largest absolute Gasteiger partial charge is 0.311 e. The summed E-state index contributed by atoms with van der Waals surface area (Å²) in [5.41, 5.74) is 7.54. The Morgan fingerprint density at radius 2 is 1.06 bits per heavy atom. The molecule has 0 fully saturated rings. The molecule has 32 heavy (non-hydrogen) atoms. The fourth-order valence-electron chi connectivity index (χ4n) is 3.46. The molecule has 0 bridgehead atoms. The van der Waals surface area contributed by atoms with Gasteiger partial charge in [-0.2, -0.15) is 0 Å². The SMILES string of the molecule is CCCCc1ccc(N(c2ccccc2)c2ccc(C)cc2)cc1.Cc1ccc(S)cc1. The monoisotopic (exact) mass is 439 g/mol. The van der Waals surface area contributed by atoms with E-state index in [-0.39, 0.29) is 0 Å². The van der Waals surface area contributed by atoms with Crippen LogP contribution in [0.15, 0.2) is 108 Å². The molecule has 0 unspecified atom stereocenters. The summed E-state index contributed by atoms with van der Waals surface area (Å²) >= 11 is 4.13. The third kappa shape index (κ3) is 7.03. The van der Waals surface area contributed by atoms with E-state index in [1.165, 1.54) is 46.6 Å². The van der Waals surface area contributed by atoms with Crippen molar-refractivity contribution in [3.8, 4) is 0 Å². The van der Waals surface area contributed by atoms with Gasteiger partial charge < -0.3 is 4.90 Å². The minimum absolute atomic E-state index is 1.02. The molecule has 0 aromatic heterocycles. The van der Waals surface area contributed by atoms with Gasteiger partial charge in [0.2, 0.25) is 0 Å². The second-order valence-corrected chi connectivity index (χ2v) is 8.63. The van der Waals surface area contributed by atoms with E-state index >= 15 is 0 Å². The molecule has 4 aromatic rings. The van der Waals surface area contributed by atoms with Gasteiger partial charge >= 0.3 is 0 Å². The summed E-state index contributed by atoms with van der Waals surface area (Å²) in [5.74, 6) is 0. The highest BCUT2D eigenvalue weighted by Crippen LogP contribution is 2.34. The van der Waals surface area contributed by atoms with Crippen LogP contribution in [-0.4, -0.2) is 0 Å². The molecule has 0 radical (unpaired) electrons. The van der Waals surface area contributed by atoms with Crippen LogP contribution >= 0.6 is 12.6 Å². The number of para-hydroxylation sites is 1. The molecule has 1 nitrogen and oxygen atoms in total. The third-order valence-corrected chi connectivity index (χ3v) is 5.65. The smallest absolute Gasteiger partial charge is 0.0461 e. The van der Waals surface area contributed by atoms with E-state index in [1.54, 1.807) is 0 Å². The predicted molar refractivity (Wildman–Crippen MR) is 143 cm³/mol. The van der Waals surface area contributed by atoms with Crippen molar-refractivity contribution in [2.45, 2.75) is 44.9 Å². The summed E-state index contributed by atoms with van der Waals surface area (Å²) in [7, 11) is 0. The van der Waals surface area contributed by atoms with Crippen LogP contribution in [0.2, 0.25) is 0 Å². The lowest BCUT2D eigenvalue weighted by atomic mass is 10.1. The van der Waals surface area contributed by atoms with Crippen molar-refractivity contribution in [2.24, 2.45) is 0 Å². The number of nitrogens with zero attached hydrogens (tertiary/aromatic N) is 1. The lowest BCUT2D eigenvalue weighted by Crippen LogP contribution is -2.09. The second-order valence-electron chi connectivity index (χ2n) is 8.11. The van der Waals surface area contributed by atoms with Gasteiger partial charge in [0.25, 0.3) is 0 Å². The Kier molecular flexibility index (Phi) is 9.01. The van der Waals surface area contributed by atoms with E-state index < -0.39 is 0 Å². The molecule has 0 aliphatic rings. The molecule has 0 aliphatic heterocycles. The maximum absolute atomic E-state index is 4.13. The van der Waals surface area contributed by atoms with Gasteiger partial charge in [-0.3, -0.25) is 0 Å². The molecule has 0 amide bonds. The average molecular weight is 440 g/mol. The molecule has 2 heteroatoms. The zero-order valence-corrected chi connectivity index (χ0v) is 20.2. The molecule has 0 saturated heterocycles. The van der Waals surface area contributed by atoms with Crippen molar-refractivity contribution < 1.29 is 0 Å². The number of rotatable bonds is 6. The Morgan fingerprint density at radius 1 is 0.594 bits per heavy atom. The van der Waals surface area contributed by atoms with Gasteiger partial charge in [-0.1, -0.05) is 79.1 Å². The number of unbranched alkanes of at least 4 members (excludes halogenated alkanes) is 1. The van der Waals surface area contributed by atoms with Crippen LogP contribution in [0.1, 0.15) is 36.5 Å². The molecule has 0 N–H and O–H groups in total. The minimum atomic E-state index is 1.02. The van der Waals surface area contributed by atoms with E-state index in [0.29, 0.717) is 0 Å². The van der Waals surface area contributed by atoms with Crippen molar-refractivity contribution >= 4 is 29.7 Å². The summed E-state index contributed by atoms with van der Waals surface area (Å²) in [6.07, 6.45) is 3.65. The van der Waals surface area contributed by atoms with E-state index in [0.717, 1.165) is 11.3 Å². The first-order valence-corrected chi connectivity index (χ1v) is 11.8. The Balaban J connectivity index is 0.000000305. The van der Waals surface area contributed by atoms with E-state index in [2.05, 4.69) is 117 Å². The quantitative estimate of drug-likeness (QED) is 0.293. The highest BCUT2D eigenvalue weighted by Gasteiger charge is 2.11. The minimum Gasteiger partial charge on any atom is -0.311 e. The van der Waals surface area contributed by atoms with Crippen molar-refractivity contribution in [3.05, 3.63) is 120 Å². The first-order chi connectivity index (χ1) is 15.6. The van der Waals surface area contributed by atoms with Crippen LogP contribution in [0.4, 0.5) is 17.1 Å². The highest BCUT2D eigenvalue weighted by molar-refractivity contribution is 7.80. The normalized spacial score (nSPS) is 10.2. The summed E-state index contributed by atoms with van der Waals surface area (Å²) < 4.78 is 0. The summed E-state index contributed by atoms with van der Waals surface area (Å²) in [6.45, 7) is 6.43. The molecular formula is C30H33NS. The number of thiol groups is 1. The van der Waals surface area contributed by atoms with Gasteiger partial charge in [0.1, 0.15) is 0 Å². The molecule has 0 saturated carbocycles. The summed E-state index contributed by atoms with van der Waals surface area (Å²) in [4.78, 5) is 3.33. The summed E-state index contributed by atoms with van der Waals surface area (Å²) in [6, 6.07) is 36.3. The zero-order chi connectivity index (χ0) is 22.8. The van der Waals surface area contributed by atoms with Crippen molar-refractivity contribution in [2.75, 3.05) is 4.90 Å². The van der Waals surface area contributed by atoms with Gasteiger partial charge in [-0.15, -0.1) is 12.6 Å². The van der Waals surface area contributed by atoms with Crippen LogP contribution in [0, 0.1) is 13.8 Å². The van der Waals surface area contributed by atoms with Gasteiger partial charge in [0, 0.05) is 22.0 Å². The molecule has 0 atom stereocenters. The Bertz CT molecular complexity index is 1030. The van der Waals surface area contributed by atoms with Gasteiger partial charge in [0.05, 0.1) is 0 Å². The van der Waals surface area contributed by atoms with Gasteiger partial charge in [0.15, 0.2) is 0 Å². The van der Waals surface area contributed by atoms with Crippen molar-refractivity contribution in [1.82, 2.24) is 0 Å². The lowest BCUT2D eigenvalue weighted by molar-refractivity contribution is 0.795. The summed E-state index contributed by atoms with van der Waals surface area (Å²) in [5, 5.41) is 0. The maximum atomic E-state index is 4.13. The first kappa shape index (κ1) is 23.7. The average Bonchev–Trinajstić information content (AvgIpc) is 2.83. The number of hydrogen-bond acceptors (Lipinski definition) is 2. The Hall–Kier alpha value is -2.97. The van der Waals surface area contributed by atoms with Crippen LogP contribution in [-0.2, 0) is 6.42 Å². The molecule has 0 aliphatic carbocycles. The fourth-order valence-corrected chi connectivity index (χ4v) is 3.60. The Labute approximate surface area is 199 Å². The Morgan fingerprint density at radius 3 is 1.56 bits per heavy atom. The number of benzene rings is 4. The third-order valence-electron chi connectivity index (χ3n) is 5.35. The van der Waals surface area contributed by atoms with Crippen molar-refractivity contribution in [1.29, 1.82) is 0 Å². The topological polar surface area (TPSA) is 3.24 Å². The molecule has 164 valence electrons. The molecule has 0 heterocycles. The molecular weight excluding hydrogens is 406 g/mol. The van der Waals surface area contributed by atoms with E-state index in [9.17, 15) is 0 Å². The number of anilines is 3. The van der Waals surface area contributed by atoms with Crippen molar-refractivity contribution in [3.63, 3.8) is 0 Å². The zero-order valence-electron chi connectivity index (χ0n) is 19.3. The van der Waals surface area contributed by atoms with Gasteiger partial charge in [-0.05, 0) is 80.8 Å². The number of aryl methyl sites for hydroxylation is 3.